The Kier molecular flexibility index (Phi) is 5.18. The summed E-state index contributed by atoms with van der Waals surface area (Å²) < 4.78 is 24.5. The summed E-state index contributed by atoms with van der Waals surface area (Å²) in [5.41, 5.74) is 5.09. The molecule has 0 saturated heterocycles. The molecule has 2 aromatic heterocycles. The fourth-order valence-corrected chi connectivity index (χ4v) is 3.40. The first-order valence-electron chi connectivity index (χ1n) is 9.81. The molecule has 0 N–H and O–H groups in total. The summed E-state index contributed by atoms with van der Waals surface area (Å²) in [7, 11) is 1.48. The molecule has 4 rings (SSSR count). The smallest absolute Gasteiger partial charge is 0.368 e. The molecular formula is C22H23FN6O2. The van der Waals surface area contributed by atoms with E-state index in [1.807, 2.05) is 50.6 Å². The Bertz CT molecular complexity index is 1330. The van der Waals surface area contributed by atoms with Crippen LogP contribution in [-0.2, 0) is 13.7 Å². The van der Waals surface area contributed by atoms with Crippen molar-refractivity contribution < 1.29 is 9.13 Å². The van der Waals surface area contributed by atoms with Crippen LogP contribution in [0.3, 0.4) is 0 Å². The van der Waals surface area contributed by atoms with Crippen LogP contribution >= 0.6 is 0 Å². The topological polar surface area (TPSA) is 79.8 Å². The molecule has 2 heterocycles. The third-order valence-corrected chi connectivity index (χ3v) is 5.47. The lowest BCUT2D eigenvalue weighted by molar-refractivity contribution is 0.297. The van der Waals surface area contributed by atoms with Crippen molar-refractivity contribution in [2.24, 2.45) is 7.05 Å². The van der Waals surface area contributed by atoms with Gasteiger partial charge in [-0.25, -0.2) is 13.9 Å². The molecular weight excluding hydrogens is 399 g/mol. The van der Waals surface area contributed by atoms with Gasteiger partial charge in [-0.15, -0.1) is 0 Å². The lowest BCUT2D eigenvalue weighted by Crippen LogP contribution is -2.23. The second-order valence-corrected chi connectivity index (χ2v) is 7.48. The lowest BCUT2D eigenvalue weighted by atomic mass is 10.1. The molecule has 9 heteroatoms. The number of tetrazole rings is 1. The van der Waals surface area contributed by atoms with Gasteiger partial charge in [0.05, 0.1) is 22.6 Å². The van der Waals surface area contributed by atoms with Crippen LogP contribution in [0.25, 0.3) is 11.4 Å². The lowest BCUT2D eigenvalue weighted by Gasteiger charge is -2.14. The molecule has 0 fully saturated rings. The van der Waals surface area contributed by atoms with Gasteiger partial charge in [-0.2, -0.15) is 14.5 Å². The summed E-state index contributed by atoms with van der Waals surface area (Å²) in [6, 6.07) is 10.2. The number of halogens is 1. The first-order chi connectivity index (χ1) is 14.8. The van der Waals surface area contributed by atoms with Crippen LogP contribution in [0.2, 0.25) is 0 Å². The van der Waals surface area contributed by atoms with Crippen molar-refractivity contribution in [1.82, 2.24) is 29.6 Å². The minimum atomic E-state index is -0.484. The van der Waals surface area contributed by atoms with E-state index in [4.69, 9.17) is 4.74 Å². The van der Waals surface area contributed by atoms with Crippen LogP contribution in [-0.4, -0.2) is 29.6 Å². The molecule has 0 unspecified atom stereocenters. The zero-order chi connectivity index (χ0) is 22.3. The van der Waals surface area contributed by atoms with E-state index in [-0.39, 0.29) is 12.2 Å². The van der Waals surface area contributed by atoms with Gasteiger partial charge in [0.15, 0.2) is 0 Å². The number of aryl methyl sites for hydroxylation is 3. The van der Waals surface area contributed by atoms with E-state index in [1.54, 1.807) is 6.07 Å². The number of rotatable bonds is 5. The quantitative estimate of drug-likeness (QED) is 0.494. The zero-order valence-electron chi connectivity index (χ0n) is 18.0. The van der Waals surface area contributed by atoms with Gasteiger partial charge < -0.3 is 4.74 Å². The Hall–Kier alpha value is -3.75. The minimum absolute atomic E-state index is 0.0653. The molecule has 2 aromatic carbocycles. The maximum atomic E-state index is 14.6. The predicted octanol–water partition coefficient (Wildman–Crippen LogP) is 3.10. The Morgan fingerprint density at radius 3 is 2.42 bits per heavy atom. The number of aromatic nitrogens is 6. The molecule has 0 radical (unpaired) electrons. The highest BCUT2D eigenvalue weighted by Gasteiger charge is 2.16. The van der Waals surface area contributed by atoms with Gasteiger partial charge in [-0.05, 0) is 79.6 Å². The Morgan fingerprint density at radius 1 is 1.03 bits per heavy atom. The summed E-state index contributed by atoms with van der Waals surface area (Å²) >= 11 is 0. The normalized spacial score (nSPS) is 11.2. The first-order valence-corrected chi connectivity index (χ1v) is 9.81. The summed E-state index contributed by atoms with van der Waals surface area (Å²) in [6.07, 6.45) is 0. The average Bonchev–Trinajstić information content (AvgIpc) is 3.21. The van der Waals surface area contributed by atoms with Gasteiger partial charge in [0, 0.05) is 12.7 Å². The van der Waals surface area contributed by atoms with Crippen LogP contribution < -0.4 is 10.4 Å². The van der Waals surface area contributed by atoms with E-state index >= 15 is 0 Å². The van der Waals surface area contributed by atoms with Crippen LogP contribution in [0.1, 0.15) is 28.1 Å². The molecule has 0 atom stereocenters. The molecule has 8 nitrogen and oxygen atoms in total. The van der Waals surface area contributed by atoms with Crippen molar-refractivity contribution in [2.45, 2.75) is 34.3 Å². The van der Waals surface area contributed by atoms with E-state index in [0.717, 1.165) is 37.6 Å². The summed E-state index contributed by atoms with van der Waals surface area (Å²) in [5, 5.41) is 12.1. The van der Waals surface area contributed by atoms with Gasteiger partial charge in [-0.3, -0.25) is 0 Å². The van der Waals surface area contributed by atoms with Gasteiger partial charge >= 0.3 is 5.69 Å². The number of hydrogen-bond donors (Lipinski definition) is 0. The molecule has 0 aliphatic heterocycles. The highest BCUT2D eigenvalue weighted by Crippen LogP contribution is 2.26. The molecule has 0 spiro atoms. The third kappa shape index (κ3) is 3.63. The minimum Gasteiger partial charge on any atom is -0.488 e. The van der Waals surface area contributed by atoms with Crippen LogP contribution in [0.4, 0.5) is 4.39 Å². The summed E-state index contributed by atoms with van der Waals surface area (Å²) in [6.45, 7) is 7.92. The Morgan fingerprint density at radius 2 is 1.81 bits per heavy atom. The van der Waals surface area contributed by atoms with Gasteiger partial charge in [-0.1, -0.05) is 6.07 Å². The van der Waals surface area contributed by atoms with Crippen LogP contribution in [0, 0.1) is 33.5 Å². The van der Waals surface area contributed by atoms with Crippen molar-refractivity contribution in [3.8, 4) is 17.1 Å². The van der Waals surface area contributed by atoms with E-state index in [1.165, 1.54) is 19.2 Å². The van der Waals surface area contributed by atoms with E-state index in [0.29, 0.717) is 11.4 Å². The van der Waals surface area contributed by atoms with Gasteiger partial charge in [0.2, 0.25) is 0 Å². The van der Waals surface area contributed by atoms with E-state index in [9.17, 15) is 9.18 Å². The number of hydrogen-bond acceptors (Lipinski definition) is 5. The highest BCUT2D eigenvalue weighted by atomic mass is 19.1. The second-order valence-electron chi connectivity index (χ2n) is 7.48. The molecule has 4 aromatic rings. The largest absolute Gasteiger partial charge is 0.488 e. The number of ether oxygens (including phenoxy) is 1. The van der Waals surface area contributed by atoms with Crippen LogP contribution in [0.15, 0.2) is 41.2 Å². The van der Waals surface area contributed by atoms with Gasteiger partial charge in [0.1, 0.15) is 18.2 Å². The van der Waals surface area contributed by atoms with E-state index < -0.39 is 11.5 Å². The average molecular weight is 422 g/mol. The predicted molar refractivity (Wildman–Crippen MR) is 113 cm³/mol. The monoisotopic (exact) mass is 422 g/mol. The SMILES string of the molecule is Cc1cc(-n2nc(C)c(C)c2C)ccc1OCc1c(F)cccc1-n1nnn(C)c1=O. The van der Waals surface area contributed by atoms with Crippen molar-refractivity contribution in [2.75, 3.05) is 0 Å². The third-order valence-electron chi connectivity index (χ3n) is 5.47. The molecule has 160 valence electrons. The van der Waals surface area contributed by atoms with Crippen molar-refractivity contribution >= 4 is 0 Å². The fraction of sp³-hybridized carbons (Fsp3) is 0.273. The Balaban J connectivity index is 1.63. The van der Waals surface area contributed by atoms with Crippen molar-refractivity contribution in [1.29, 1.82) is 0 Å². The molecule has 0 bridgehead atoms. The molecule has 31 heavy (non-hydrogen) atoms. The molecule has 0 aliphatic carbocycles. The zero-order valence-corrected chi connectivity index (χ0v) is 18.0. The first kappa shape index (κ1) is 20.5. The maximum Gasteiger partial charge on any atom is 0.368 e. The number of benzene rings is 2. The van der Waals surface area contributed by atoms with Gasteiger partial charge in [0.25, 0.3) is 0 Å². The van der Waals surface area contributed by atoms with Crippen molar-refractivity contribution in [3.05, 3.63) is 80.8 Å². The van der Waals surface area contributed by atoms with Crippen LogP contribution in [0.5, 0.6) is 5.75 Å². The van der Waals surface area contributed by atoms with E-state index in [2.05, 4.69) is 15.5 Å². The maximum absolute atomic E-state index is 14.6. The molecule has 0 amide bonds. The standard InChI is InChI=1S/C22H23FN6O2/c1-13-11-17(28-16(4)14(2)15(3)24-28)9-10-21(13)31-12-18-19(23)7-6-8-20(18)29-22(30)27(5)25-26-29/h6-11H,12H2,1-5H3. The number of nitrogens with zero attached hydrogens (tertiary/aromatic N) is 6. The molecule has 0 saturated carbocycles. The Labute approximate surface area is 178 Å². The highest BCUT2D eigenvalue weighted by molar-refractivity contribution is 5.46. The van der Waals surface area contributed by atoms with Crippen molar-refractivity contribution in [3.63, 3.8) is 0 Å². The summed E-state index contributed by atoms with van der Waals surface area (Å²) in [5.74, 6) is 0.130. The summed E-state index contributed by atoms with van der Waals surface area (Å²) in [4.78, 5) is 12.2. The second kappa shape index (κ2) is 7.82. The molecule has 0 aliphatic rings. The fourth-order valence-electron chi connectivity index (χ4n) is 3.40.